The fraction of sp³-hybridized carbons (Fsp3) is 0.588. The molecule has 3 fully saturated rings. The normalized spacial score (nSPS) is 31.0. The Balaban J connectivity index is 1.92. The maximum atomic E-state index is 12.6. The highest BCUT2D eigenvalue weighted by molar-refractivity contribution is 5.72. The average molecular weight is 289 g/mol. The van der Waals surface area contributed by atoms with Crippen LogP contribution in [0.25, 0.3) is 0 Å². The lowest BCUT2D eigenvalue weighted by molar-refractivity contribution is -0.0144. The van der Waals surface area contributed by atoms with E-state index in [0.717, 1.165) is 18.4 Å². The van der Waals surface area contributed by atoms with Crippen molar-refractivity contribution in [2.75, 3.05) is 6.61 Å². The Morgan fingerprint density at radius 1 is 1.33 bits per heavy atom. The maximum absolute atomic E-state index is 12.6. The molecule has 1 atom stereocenters. The number of benzene rings is 1. The number of nitrogens with zero attached hydrogens (tertiary/aromatic N) is 1. The van der Waals surface area contributed by atoms with E-state index in [1.54, 1.807) is 4.90 Å². The predicted molar refractivity (Wildman–Crippen MR) is 79.8 cm³/mol. The van der Waals surface area contributed by atoms with Crippen LogP contribution in [0.4, 0.5) is 4.79 Å². The van der Waals surface area contributed by atoms with E-state index in [-0.39, 0.29) is 18.7 Å². The highest BCUT2D eigenvalue weighted by Crippen LogP contribution is 2.60. The molecule has 4 nitrogen and oxygen atoms in total. The van der Waals surface area contributed by atoms with E-state index in [4.69, 9.17) is 4.74 Å². The lowest BCUT2D eigenvalue weighted by atomic mass is 9.71. The molecule has 0 spiro atoms. The van der Waals surface area contributed by atoms with Crippen LogP contribution >= 0.6 is 0 Å². The number of carbonyl (C=O) groups is 1. The molecule has 1 aromatic rings. The smallest absolute Gasteiger partial charge is 0.411 e. The highest BCUT2D eigenvalue weighted by atomic mass is 16.6. The first-order valence-electron chi connectivity index (χ1n) is 7.54. The minimum absolute atomic E-state index is 0.00603. The van der Waals surface area contributed by atoms with Crippen LogP contribution in [0.2, 0.25) is 0 Å². The molecule has 1 amide bonds. The molecule has 4 rings (SSSR count). The summed E-state index contributed by atoms with van der Waals surface area (Å²) in [4.78, 5) is 14.4. The second-order valence-corrected chi connectivity index (χ2v) is 7.26. The number of hydrogen-bond acceptors (Lipinski definition) is 3. The molecule has 1 N–H and O–H groups in total. The van der Waals surface area contributed by atoms with E-state index in [2.05, 4.69) is 0 Å². The van der Waals surface area contributed by atoms with Crippen LogP contribution in [0.3, 0.4) is 0 Å². The molecule has 21 heavy (non-hydrogen) atoms. The van der Waals surface area contributed by atoms with Crippen LogP contribution in [-0.4, -0.2) is 33.8 Å². The van der Waals surface area contributed by atoms with Crippen molar-refractivity contribution in [2.24, 2.45) is 5.92 Å². The van der Waals surface area contributed by atoms with Crippen LogP contribution in [0.15, 0.2) is 30.3 Å². The molecular weight excluding hydrogens is 266 g/mol. The van der Waals surface area contributed by atoms with Gasteiger partial charge in [0, 0.05) is 0 Å². The van der Waals surface area contributed by atoms with E-state index >= 15 is 0 Å². The maximum Gasteiger partial charge on any atom is 0.411 e. The molecular formula is C17H23NO3. The second-order valence-electron chi connectivity index (χ2n) is 7.26. The number of aliphatic hydroxyl groups is 1. The average Bonchev–Trinajstić information content (AvgIpc) is 2.87. The highest BCUT2D eigenvalue weighted by Gasteiger charge is 2.64. The van der Waals surface area contributed by atoms with Crippen molar-refractivity contribution < 1.29 is 14.6 Å². The van der Waals surface area contributed by atoms with E-state index in [9.17, 15) is 9.90 Å². The van der Waals surface area contributed by atoms with Gasteiger partial charge in [0.2, 0.25) is 0 Å². The van der Waals surface area contributed by atoms with Crippen molar-refractivity contribution in [3.63, 3.8) is 0 Å². The number of rotatable bonds is 2. The molecule has 0 radical (unpaired) electrons. The molecule has 4 heteroatoms. The lowest BCUT2D eigenvalue weighted by Gasteiger charge is -2.40. The molecule has 1 unspecified atom stereocenters. The number of fused-ring (bicyclic) bond motifs is 1. The van der Waals surface area contributed by atoms with Crippen LogP contribution in [0, 0.1) is 5.92 Å². The molecule has 2 bridgehead atoms. The van der Waals surface area contributed by atoms with Crippen molar-refractivity contribution in [3.8, 4) is 0 Å². The molecule has 114 valence electrons. The largest absolute Gasteiger partial charge is 0.444 e. The Morgan fingerprint density at radius 2 is 1.95 bits per heavy atom. The van der Waals surface area contributed by atoms with E-state index < -0.39 is 11.1 Å². The van der Waals surface area contributed by atoms with E-state index in [1.807, 2.05) is 51.1 Å². The Labute approximate surface area is 125 Å². The van der Waals surface area contributed by atoms with Gasteiger partial charge >= 0.3 is 6.09 Å². The molecule has 2 saturated heterocycles. The zero-order valence-electron chi connectivity index (χ0n) is 12.9. The second kappa shape index (κ2) is 4.73. The zero-order chi connectivity index (χ0) is 15.3. The summed E-state index contributed by atoms with van der Waals surface area (Å²) in [5, 5.41) is 9.80. The molecule has 1 aliphatic carbocycles. The summed E-state index contributed by atoms with van der Waals surface area (Å²) in [6.07, 6.45) is 1.41. The lowest BCUT2D eigenvalue weighted by Crippen LogP contribution is -2.52. The van der Waals surface area contributed by atoms with Gasteiger partial charge in [0.05, 0.1) is 18.2 Å². The number of hydrogen-bond donors (Lipinski definition) is 1. The number of ether oxygens (including phenoxy) is 1. The summed E-state index contributed by atoms with van der Waals surface area (Å²) in [5.74, 6) is 0.423. The van der Waals surface area contributed by atoms with Crippen molar-refractivity contribution in [3.05, 3.63) is 35.9 Å². The first kappa shape index (κ1) is 14.4. The predicted octanol–water partition coefficient (Wildman–Crippen LogP) is 3.12. The van der Waals surface area contributed by atoms with Gasteiger partial charge in [-0.3, -0.25) is 4.90 Å². The summed E-state index contributed by atoms with van der Waals surface area (Å²) in [5.41, 5.74) is 0.177. The SMILES string of the molecule is CC(C)(C)OC(=O)N1C(c2ccccc2)C2CC1(CO)C2. The van der Waals surface area contributed by atoms with Gasteiger partial charge in [-0.1, -0.05) is 30.3 Å². The minimum Gasteiger partial charge on any atom is -0.444 e. The molecule has 0 aromatic heterocycles. The fourth-order valence-electron chi connectivity index (χ4n) is 3.74. The molecule has 1 aromatic carbocycles. The van der Waals surface area contributed by atoms with Crippen LogP contribution in [-0.2, 0) is 4.74 Å². The first-order chi connectivity index (χ1) is 9.86. The number of amides is 1. The van der Waals surface area contributed by atoms with Crippen LogP contribution in [0.5, 0.6) is 0 Å². The Hall–Kier alpha value is -1.55. The summed E-state index contributed by atoms with van der Waals surface area (Å²) >= 11 is 0. The van der Waals surface area contributed by atoms with E-state index in [1.165, 1.54) is 0 Å². The van der Waals surface area contributed by atoms with Gasteiger partial charge in [0.1, 0.15) is 5.60 Å². The molecule has 2 heterocycles. The van der Waals surface area contributed by atoms with Gasteiger partial charge in [-0.05, 0) is 45.1 Å². The van der Waals surface area contributed by atoms with Gasteiger partial charge in [-0.25, -0.2) is 4.79 Å². The zero-order valence-corrected chi connectivity index (χ0v) is 12.9. The molecule has 3 aliphatic rings. The minimum atomic E-state index is -0.526. The van der Waals surface area contributed by atoms with Crippen molar-refractivity contribution in [1.82, 2.24) is 4.90 Å². The topological polar surface area (TPSA) is 49.8 Å². The fourth-order valence-corrected chi connectivity index (χ4v) is 3.74. The Kier molecular flexibility index (Phi) is 3.24. The Morgan fingerprint density at radius 3 is 2.48 bits per heavy atom. The first-order valence-corrected chi connectivity index (χ1v) is 7.54. The van der Waals surface area contributed by atoms with Gasteiger partial charge < -0.3 is 9.84 Å². The third-order valence-electron chi connectivity index (χ3n) is 4.55. The van der Waals surface area contributed by atoms with Crippen LogP contribution < -0.4 is 0 Å². The van der Waals surface area contributed by atoms with Crippen LogP contribution in [0.1, 0.15) is 45.2 Å². The number of carbonyl (C=O) groups excluding carboxylic acids is 1. The molecule has 1 saturated carbocycles. The monoisotopic (exact) mass is 289 g/mol. The van der Waals surface area contributed by atoms with Crippen molar-refractivity contribution in [2.45, 2.75) is 50.8 Å². The summed E-state index contributed by atoms with van der Waals surface area (Å²) in [6, 6.07) is 10.1. The molecule has 2 aliphatic heterocycles. The summed E-state index contributed by atoms with van der Waals surface area (Å²) < 4.78 is 5.57. The third-order valence-corrected chi connectivity index (χ3v) is 4.55. The summed E-state index contributed by atoms with van der Waals surface area (Å²) in [7, 11) is 0. The van der Waals surface area contributed by atoms with Crippen molar-refractivity contribution >= 4 is 6.09 Å². The van der Waals surface area contributed by atoms with Gasteiger partial charge in [-0.2, -0.15) is 0 Å². The quantitative estimate of drug-likeness (QED) is 0.910. The van der Waals surface area contributed by atoms with Crippen molar-refractivity contribution in [1.29, 1.82) is 0 Å². The van der Waals surface area contributed by atoms with Gasteiger partial charge in [-0.15, -0.1) is 0 Å². The summed E-state index contributed by atoms with van der Waals surface area (Å²) in [6.45, 7) is 5.61. The van der Waals surface area contributed by atoms with Gasteiger partial charge in [0.25, 0.3) is 0 Å². The standard InChI is InChI=1S/C17H23NO3/c1-16(2,3)21-15(20)18-14(12-7-5-4-6-8-12)13-9-17(18,10-13)11-19/h4-8,13-14,19H,9-11H2,1-3H3. The van der Waals surface area contributed by atoms with E-state index in [0.29, 0.717) is 5.92 Å². The third kappa shape index (κ3) is 2.31. The number of aliphatic hydroxyl groups excluding tert-OH is 1. The van der Waals surface area contributed by atoms with Gasteiger partial charge in [0.15, 0.2) is 0 Å². The Bertz CT molecular complexity index is 529.